The molecule has 0 amide bonds. The molecule has 0 atom stereocenters. The van der Waals surface area contributed by atoms with E-state index in [9.17, 15) is 5.11 Å². The van der Waals surface area contributed by atoms with Crippen molar-refractivity contribution >= 4 is 27.8 Å². The summed E-state index contributed by atoms with van der Waals surface area (Å²) in [4.78, 5) is 0. The maximum Gasteiger partial charge on any atom is 0.141 e. The molecular weight excluding hydrogens is 348 g/mol. The third-order valence-corrected chi connectivity index (χ3v) is 5.20. The van der Waals surface area contributed by atoms with Gasteiger partial charge in [0.15, 0.2) is 0 Å². The number of fused-ring (bicyclic) bond motifs is 5. The van der Waals surface area contributed by atoms with Crippen molar-refractivity contribution in [1.29, 1.82) is 0 Å². The normalized spacial score (nSPS) is 13.3. The lowest BCUT2D eigenvalue weighted by Gasteiger charge is -2.24. The van der Waals surface area contributed by atoms with Crippen LogP contribution in [0, 0.1) is 0 Å². The van der Waals surface area contributed by atoms with Crippen LogP contribution in [0.5, 0.6) is 0 Å². The second kappa shape index (κ2) is 6.98. The van der Waals surface area contributed by atoms with Crippen molar-refractivity contribution in [3.8, 4) is 0 Å². The van der Waals surface area contributed by atoms with E-state index < -0.39 is 0 Å². The van der Waals surface area contributed by atoms with Crippen molar-refractivity contribution in [2.24, 2.45) is 5.10 Å². The van der Waals surface area contributed by atoms with Gasteiger partial charge in [-0.05, 0) is 36.3 Å². The molecule has 0 radical (unpaired) electrons. The number of nitrogens with zero attached hydrogens (tertiary/aromatic N) is 2. The van der Waals surface area contributed by atoms with E-state index in [4.69, 9.17) is 9.52 Å². The molecule has 4 aromatic rings. The first-order chi connectivity index (χ1) is 13.8. The first-order valence-corrected chi connectivity index (χ1v) is 9.44. The fourth-order valence-corrected chi connectivity index (χ4v) is 3.79. The molecule has 0 saturated heterocycles. The molecule has 1 aliphatic heterocycles. The minimum Gasteiger partial charge on any atom is -0.464 e. The number of aliphatic hydroxyl groups excluding tert-OH is 1. The summed E-state index contributed by atoms with van der Waals surface area (Å²) in [6.07, 6.45) is 4.59. The summed E-state index contributed by atoms with van der Waals surface area (Å²) in [5.74, 6) is 0. The third kappa shape index (κ3) is 2.88. The van der Waals surface area contributed by atoms with Gasteiger partial charge in [0, 0.05) is 28.3 Å². The van der Waals surface area contributed by atoms with Crippen molar-refractivity contribution in [3.05, 3.63) is 95.2 Å². The van der Waals surface area contributed by atoms with E-state index in [0.29, 0.717) is 6.54 Å². The molecule has 0 spiro atoms. The van der Waals surface area contributed by atoms with Crippen molar-refractivity contribution in [2.45, 2.75) is 6.42 Å². The van der Waals surface area contributed by atoms with Gasteiger partial charge in [-0.1, -0.05) is 48.5 Å². The Labute approximate surface area is 162 Å². The number of hydrogen-bond acceptors (Lipinski definition) is 4. The zero-order valence-corrected chi connectivity index (χ0v) is 15.4. The monoisotopic (exact) mass is 368 g/mol. The highest BCUT2D eigenvalue weighted by Crippen LogP contribution is 2.27. The fraction of sp³-hybridized carbons (Fsp3) is 0.125. The van der Waals surface area contributed by atoms with Gasteiger partial charge in [0.1, 0.15) is 5.58 Å². The van der Waals surface area contributed by atoms with Crippen LogP contribution in [0.2, 0.25) is 0 Å². The van der Waals surface area contributed by atoms with Gasteiger partial charge in [0.2, 0.25) is 0 Å². The van der Waals surface area contributed by atoms with Gasteiger partial charge >= 0.3 is 0 Å². The summed E-state index contributed by atoms with van der Waals surface area (Å²) in [6, 6.07) is 22.5. The largest absolute Gasteiger partial charge is 0.464 e. The van der Waals surface area contributed by atoms with Gasteiger partial charge < -0.3 is 9.52 Å². The van der Waals surface area contributed by atoms with Crippen molar-refractivity contribution in [1.82, 2.24) is 5.01 Å². The Morgan fingerprint density at radius 1 is 0.929 bits per heavy atom. The molecule has 28 heavy (non-hydrogen) atoms. The fourth-order valence-electron chi connectivity index (χ4n) is 3.79. The second-order valence-corrected chi connectivity index (χ2v) is 6.95. The highest BCUT2D eigenvalue weighted by atomic mass is 16.3. The first kappa shape index (κ1) is 16.8. The molecule has 138 valence electrons. The van der Waals surface area contributed by atoms with Gasteiger partial charge in [-0.2, -0.15) is 5.10 Å². The van der Waals surface area contributed by atoms with Crippen molar-refractivity contribution < 1.29 is 9.52 Å². The molecule has 1 aromatic heterocycles. The Morgan fingerprint density at radius 2 is 1.82 bits per heavy atom. The second-order valence-electron chi connectivity index (χ2n) is 6.95. The smallest absolute Gasteiger partial charge is 0.141 e. The lowest BCUT2D eigenvalue weighted by molar-refractivity contribution is 0.254. The van der Waals surface area contributed by atoms with E-state index in [1.165, 1.54) is 5.56 Å². The van der Waals surface area contributed by atoms with Crippen LogP contribution in [0.15, 0.2) is 88.2 Å². The molecule has 5 rings (SSSR count). The van der Waals surface area contributed by atoms with Crippen molar-refractivity contribution in [3.63, 3.8) is 0 Å². The summed E-state index contributed by atoms with van der Waals surface area (Å²) >= 11 is 0. The minimum atomic E-state index is -0.0438. The van der Waals surface area contributed by atoms with E-state index in [0.717, 1.165) is 44.8 Å². The SMILES string of the molecule is OCC1=Cc2cccc3c(cc4cccoc43)c2=NN1CCc1ccccc1. The molecule has 0 aliphatic carbocycles. The van der Waals surface area contributed by atoms with E-state index >= 15 is 0 Å². The quantitative estimate of drug-likeness (QED) is 0.584. The topological polar surface area (TPSA) is 49.0 Å². The van der Waals surface area contributed by atoms with Crippen LogP contribution in [0.1, 0.15) is 11.1 Å². The highest BCUT2D eigenvalue weighted by Gasteiger charge is 2.16. The molecule has 1 N–H and O–H groups in total. The van der Waals surface area contributed by atoms with Gasteiger partial charge in [0.25, 0.3) is 0 Å². The summed E-state index contributed by atoms with van der Waals surface area (Å²) in [7, 11) is 0. The summed E-state index contributed by atoms with van der Waals surface area (Å²) in [6.45, 7) is 0.665. The molecule has 0 bridgehead atoms. The Hall–Kier alpha value is -3.37. The van der Waals surface area contributed by atoms with Gasteiger partial charge in [-0.15, -0.1) is 0 Å². The molecule has 0 saturated carbocycles. The zero-order valence-electron chi connectivity index (χ0n) is 15.4. The Morgan fingerprint density at radius 3 is 2.68 bits per heavy atom. The average molecular weight is 368 g/mol. The van der Waals surface area contributed by atoms with Crippen LogP contribution in [0.4, 0.5) is 0 Å². The van der Waals surface area contributed by atoms with Crippen LogP contribution in [-0.2, 0) is 6.42 Å². The Kier molecular flexibility index (Phi) is 4.18. The van der Waals surface area contributed by atoms with Crippen LogP contribution in [0.3, 0.4) is 0 Å². The van der Waals surface area contributed by atoms with Crippen LogP contribution < -0.4 is 5.36 Å². The molecule has 1 aliphatic rings. The lowest BCUT2D eigenvalue weighted by Crippen LogP contribution is -2.29. The van der Waals surface area contributed by atoms with E-state index in [1.54, 1.807) is 6.26 Å². The lowest BCUT2D eigenvalue weighted by atomic mass is 10.1. The summed E-state index contributed by atoms with van der Waals surface area (Å²) in [5.41, 5.74) is 3.94. The molecule has 0 unspecified atom stereocenters. The molecule has 2 heterocycles. The molecular formula is C24H20N2O2. The third-order valence-electron chi connectivity index (χ3n) is 5.20. The maximum atomic E-state index is 9.89. The molecule has 3 aromatic carbocycles. The number of aliphatic hydroxyl groups is 1. The number of benzene rings is 1. The highest BCUT2D eigenvalue weighted by molar-refractivity contribution is 6.08. The Bertz CT molecular complexity index is 1260. The maximum absolute atomic E-state index is 9.89. The van der Waals surface area contributed by atoms with Crippen LogP contribution in [-0.4, -0.2) is 23.3 Å². The van der Waals surface area contributed by atoms with E-state index in [-0.39, 0.29) is 6.61 Å². The average Bonchev–Trinajstić information content (AvgIpc) is 3.02. The summed E-state index contributed by atoms with van der Waals surface area (Å²) in [5, 5.41) is 20.8. The van der Waals surface area contributed by atoms with E-state index in [2.05, 4.69) is 30.3 Å². The molecule has 4 heteroatoms. The summed E-state index contributed by atoms with van der Waals surface area (Å²) < 4.78 is 5.76. The number of rotatable bonds is 4. The predicted octanol–water partition coefficient (Wildman–Crippen LogP) is 4.29. The zero-order chi connectivity index (χ0) is 18.9. The van der Waals surface area contributed by atoms with Crippen molar-refractivity contribution in [2.75, 3.05) is 13.2 Å². The first-order valence-electron chi connectivity index (χ1n) is 9.44. The van der Waals surface area contributed by atoms with Gasteiger partial charge in [-0.3, -0.25) is 5.01 Å². The van der Waals surface area contributed by atoms with Gasteiger partial charge in [0.05, 0.1) is 23.9 Å². The van der Waals surface area contributed by atoms with Crippen LogP contribution >= 0.6 is 0 Å². The number of hydrogen-bond donors (Lipinski definition) is 1. The van der Waals surface area contributed by atoms with E-state index in [1.807, 2.05) is 47.5 Å². The predicted molar refractivity (Wildman–Crippen MR) is 111 cm³/mol. The van der Waals surface area contributed by atoms with Gasteiger partial charge in [-0.25, -0.2) is 0 Å². The molecule has 4 nitrogen and oxygen atoms in total. The Balaban J connectivity index is 1.65. The minimum absolute atomic E-state index is 0.0438. The van der Waals surface area contributed by atoms with Crippen LogP contribution in [0.25, 0.3) is 27.8 Å². The standard InChI is InChI=1S/C24H20N2O2/c27-16-20-14-18-8-4-10-21-22(15-19-9-5-13-28-24(19)21)23(18)25-26(20)12-11-17-6-2-1-3-7-17/h1-10,13-15,27H,11-12,16H2. The molecule has 0 fully saturated rings.